The molecule has 18 heavy (non-hydrogen) atoms. The molecule has 1 saturated heterocycles. The Balaban J connectivity index is 1.94. The van der Waals surface area contributed by atoms with Gasteiger partial charge < -0.3 is 9.64 Å². The molecule has 0 aromatic heterocycles. The number of rotatable bonds is 3. The molecule has 0 atom stereocenters. The fraction of sp³-hybridized carbons (Fsp3) is 0.400. The maximum Gasteiger partial charge on any atom is 0.246 e. The van der Waals surface area contributed by atoms with Crippen LogP contribution in [0.25, 0.3) is 6.08 Å². The van der Waals surface area contributed by atoms with E-state index in [1.54, 1.807) is 13.2 Å². The van der Waals surface area contributed by atoms with E-state index in [0.29, 0.717) is 0 Å². The van der Waals surface area contributed by atoms with Crippen LogP contribution < -0.4 is 4.74 Å². The van der Waals surface area contributed by atoms with Crippen LogP contribution in [0, 0.1) is 0 Å². The van der Waals surface area contributed by atoms with E-state index < -0.39 is 0 Å². The minimum atomic E-state index is 0.116. The van der Waals surface area contributed by atoms with Crippen LogP contribution >= 0.6 is 0 Å². The van der Waals surface area contributed by atoms with Crippen molar-refractivity contribution >= 4 is 12.0 Å². The predicted octanol–water partition coefficient (Wildman–Crippen LogP) is 2.72. The van der Waals surface area contributed by atoms with Gasteiger partial charge in [0.15, 0.2) is 0 Å². The van der Waals surface area contributed by atoms with Crippen LogP contribution in [-0.4, -0.2) is 31.0 Å². The fourth-order valence-corrected chi connectivity index (χ4v) is 2.10. The molecule has 3 heteroatoms. The third-order valence-corrected chi connectivity index (χ3v) is 3.20. The van der Waals surface area contributed by atoms with E-state index in [2.05, 4.69) is 0 Å². The number of carbonyl (C=O) groups is 1. The number of ether oxygens (including phenoxy) is 1. The van der Waals surface area contributed by atoms with Gasteiger partial charge in [0, 0.05) is 19.2 Å². The lowest BCUT2D eigenvalue weighted by Crippen LogP contribution is -2.34. The molecule has 0 unspecified atom stereocenters. The Hall–Kier alpha value is -1.77. The zero-order valence-electron chi connectivity index (χ0n) is 10.8. The Bertz CT molecular complexity index is 417. The molecule has 0 bridgehead atoms. The molecule has 1 aromatic rings. The number of hydrogen-bond donors (Lipinski definition) is 0. The van der Waals surface area contributed by atoms with Crippen LogP contribution in [0.15, 0.2) is 30.3 Å². The molecule has 1 aliphatic rings. The highest BCUT2D eigenvalue weighted by molar-refractivity contribution is 5.91. The number of amides is 1. The highest BCUT2D eigenvalue weighted by Crippen LogP contribution is 2.13. The van der Waals surface area contributed by atoms with Crippen molar-refractivity contribution in [2.24, 2.45) is 0 Å². The lowest BCUT2D eigenvalue weighted by Gasteiger charge is -2.25. The molecule has 1 heterocycles. The van der Waals surface area contributed by atoms with Crippen molar-refractivity contribution in [3.05, 3.63) is 35.9 Å². The summed E-state index contributed by atoms with van der Waals surface area (Å²) in [5.74, 6) is 0.944. The number of carbonyl (C=O) groups excluding carboxylic acids is 1. The molecule has 0 radical (unpaired) electrons. The molecule has 1 amide bonds. The number of piperidine rings is 1. The molecule has 0 spiro atoms. The molecule has 96 valence electrons. The number of nitrogens with zero attached hydrogens (tertiary/aromatic N) is 1. The quantitative estimate of drug-likeness (QED) is 0.766. The monoisotopic (exact) mass is 245 g/mol. The van der Waals surface area contributed by atoms with Crippen LogP contribution in [0.2, 0.25) is 0 Å². The number of likely N-dealkylation sites (tertiary alicyclic amines) is 1. The van der Waals surface area contributed by atoms with E-state index in [4.69, 9.17) is 4.74 Å². The van der Waals surface area contributed by atoms with Crippen molar-refractivity contribution < 1.29 is 9.53 Å². The van der Waals surface area contributed by atoms with Crippen molar-refractivity contribution in [3.63, 3.8) is 0 Å². The lowest BCUT2D eigenvalue weighted by molar-refractivity contribution is -0.126. The Labute approximate surface area is 108 Å². The van der Waals surface area contributed by atoms with Crippen LogP contribution in [0.4, 0.5) is 0 Å². The summed E-state index contributed by atoms with van der Waals surface area (Å²) < 4.78 is 5.09. The molecule has 0 saturated carbocycles. The van der Waals surface area contributed by atoms with E-state index in [1.165, 1.54) is 6.42 Å². The van der Waals surface area contributed by atoms with Gasteiger partial charge in [-0.2, -0.15) is 0 Å². The highest BCUT2D eigenvalue weighted by atomic mass is 16.5. The van der Waals surface area contributed by atoms with Crippen molar-refractivity contribution in [1.29, 1.82) is 0 Å². The second kappa shape index (κ2) is 6.24. The maximum absolute atomic E-state index is 11.9. The summed E-state index contributed by atoms with van der Waals surface area (Å²) in [5, 5.41) is 0. The minimum Gasteiger partial charge on any atom is -0.497 e. The van der Waals surface area contributed by atoms with Crippen LogP contribution in [0.1, 0.15) is 24.8 Å². The Morgan fingerprint density at radius 3 is 2.44 bits per heavy atom. The third kappa shape index (κ3) is 3.36. The summed E-state index contributed by atoms with van der Waals surface area (Å²) in [6.07, 6.45) is 7.01. The molecule has 2 rings (SSSR count). The van der Waals surface area contributed by atoms with Gasteiger partial charge in [0.2, 0.25) is 5.91 Å². The summed E-state index contributed by atoms with van der Waals surface area (Å²) in [5.41, 5.74) is 1.01. The maximum atomic E-state index is 11.9. The van der Waals surface area contributed by atoms with Gasteiger partial charge in [-0.3, -0.25) is 4.79 Å². The number of methoxy groups -OCH3 is 1. The van der Waals surface area contributed by atoms with Gasteiger partial charge in [-0.05, 0) is 43.0 Å². The van der Waals surface area contributed by atoms with E-state index >= 15 is 0 Å². The molecule has 0 N–H and O–H groups in total. The summed E-state index contributed by atoms with van der Waals surface area (Å²) in [4.78, 5) is 13.8. The Morgan fingerprint density at radius 1 is 1.17 bits per heavy atom. The van der Waals surface area contributed by atoms with Gasteiger partial charge in [0.1, 0.15) is 5.75 Å². The van der Waals surface area contributed by atoms with Gasteiger partial charge in [0.25, 0.3) is 0 Å². The smallest absolute Gasteiger partial charge is 0.246 e. The van der Waals surface area contributed by atoms with Gasteiger partial charge in [-0.1, -0.05) is 12.1 Å². The van der Waals surface area contributed by atoms with Crippen molar-refractivity contribution in [1.82, 2.24) is 4.90 Å². The van der Waals surface area contributed by atoms with Gasteiger partial charge >= 0.3 is 0 Å². The second-order valence-corrected chi connectivity index (χ2v) is 4.49. The molecule has 0 aliphatic carbocycles. The Kier molecular flexibility index (Phi) is 4.40. The predicted molar refractivity (Wildman–Crippen MR) is 72.5 cm³/mol. The van der Waals surface area contributed by atoms with E-state index in [-0.39, 0.29) is 5.91 Å². The molecule has 3 nitrogen and oxygen atoms in total. The zero-order valence-corrected chi connectivity index (χ0v) is 10.8. The number of hydrogen-bond acceptors (Lipinski definition) is 2. The van der Waals surface area contributed by atoms with Crippen molar-refractivity contribution in [2.75, 3.05) is 20.2 Å². The first-order chi connectivity index (χ1) is 8.79. The minimum absolute atomic E-state index is 0.116. The van der Waals surface area contributed by atoms with E-state index in [9.17, 15) is 4.79 Å². The van der Waals surface area contributed by atoms with Crippen molar-refractivity contribution in [2.45, 2.75) is 19.3 Å². The molecule has 1 aliphatic heterocycles. The topological polar surface area (TPSA) is 29.5 Å². The highest BCUT2D eigenvalue weighted by Gasteiger charge is 2.13. The van der Waals surface area contributed by atoms with Gasteiger partial charge in [0.05, 0.1) is 7.11 Å². The first-order valence-corrected chi connectivity index (χ1v) is 6.40. The second-order valence-electron chi connectivity index (χ2n) is 4.49. The zero-order chi connectivity index (χ0) is 12.8. The fourth-order valence-electron chi connectivity index (χ4n) is 2.10. The normalized spacial score (nSPS) is 15.9. The summed E-state index contributed by atoms with van der Waals surface area (Å²) in [6, 6.07) is 7.67. The molecular formula is C15H19NO2. The van der Waals surface area contributed by atoms with Crippen molar-refractivity contribution in [3.8, 4) is 5.75 Å². The SMILES string of the molecule is COc1ccc(/C=C/C(=O)N2CCCCC2)cc1. The van der Waals surface area contributed by atoms with Crippen LogP contribution in [0.3, 0.4) is 0 Å². The van der Waals surface area contributed by atoms with E-state index in [1.807, 2.05) is 35.2 Å². The third-order valence-electron chi connectivity index (χ3n) is 3.20. The van der Waals surface area contributed by atoms with Gasteiger partial charge in [-0.15, -0.1) is 0 Å². The molecule has 1 fully saturated rings. The molecule has 1 aromatic carbocycles. The van der Waals surface area contributed by atoms with Crippen LogP contribution in [-0.2, 0) is 4.79 Å². The molecular weight excluding hydrogens is 226 g/mol. The summed E-state index contributed by atoms with van der Waals surface area (Å²) in [7, 11) is 1.64. The summed E-state index contributed by atoms with van der Waals surface area (Å²) in [6.45, 7) is 1.79. The standard InChI is InChI=1S/C15H19NO2/c1-18-14-8-5-13(6-9-14)7-10-15(17)16-11-3-2-4-12-16/h5-10H,2-4,11-12H2,1H3/b10-7+. The van der Waals surface area contributed by atoms with Gasteiger partial charge in [-0.25, -0.2) is 0 Å². The van der Waals surface area contributed by atoms with E-state index in [0.717, 1.165) is 37.2 Å². The first kappa shape index (κ1) is 12.7. The lowest BCUT2D eigenvalue weighted by atomic mass is 10.1. The van der Waals surface area contributed by atoms with Crippen LogP contribution in [0.5, 0.6) is 5.75 Å². The summed E-state index contributed by atoms with van der Waals surface area (Å²) >= 11 is 0. The Morgan fingerprint density at radius 2 is 1.83 bits per heavy atom. The average Bonchev–Trinajstić information content (AvgIpc) is 2.46. The number of benzene rings is 1. The average molecular weight is 245 g/mol. The first-order valence-electron chi connectivity index (χ1n) is 6.40. The largest absolute Gasteiger partial charge is 0.497 e.